The lowest BCUT2D eigenvalue weighted by Gasteiger charge is -2.24. The number of benzene rings is 1. The molecule has 0 aliphatic carbocycles. The molecule has 0 radical (unpaired) electrons. The molecule has 2 rings (SSSR count). The van der Waals surface area contributed by atoms with Crippen molar-refractivity contribution in [2.24, 2.45) is 5.41 Å². The smallest absolute Gasteiger partial charge is 0.246 e. The van der Waals surface area contributed by atoms with Crippen molar-refractivity contribution in [2.75, 3.05) is 13.7 Å². The highest BCUT2D eigenvalue weighted by Crippen LogP contribution is 2.22. The summed E-state index contributed by atoms with van der Waals surface area (Å²) in [7, 11) is 1.62. The van der Waals surface area contributed by atoms with Crippen LogP contribution in [0.3, 0.4) is 0 Å². The number of carbonyl (C=O) groups is 1. The van der Waals surface area contributed by atoms with Gasteiger partial charge >= 0.3 is 0 Å². The zero-order valence-corrected chi connectivity index (χ0v) is 15.3. The molecule has 0 unspecified atom stereocenters. The second kappa shape index (κ2) is 7.96. The number of carbonyl (C=O) groups excluding carboxylic acids is 1. The Balaban J connectivity index is 2.11. The molecule has 0 spiro atoms. The van der Waals surface area contributed by atoms with Crippen molar-refractivity contribution in [3.63, 3.8) is 0 Å². The fourth-order valence-corrected chi connectivity index (χ4v) is 2.32. The minimum absolute atomic E-state index is 0.0385. The van der Waals surface area contributed by atoms with Crippen LogP contribution in [-0.2, 0) is 11.3 Å². The molecular formula is C19H25N3O3. The topological polar surface area (TPSA) is 68.5 Å². The van der Waals surface area contributed by atoms with E-state index in [1.54, 1.807) is 18.1 Å². The van der Waals surface area contributed by atoms with E-state index in [0.29, 0.717) is 24.7 Å². The van der Waals surface area contributed by atoms with E-state index in [2.05, 4.69) is 16.7 Å². The lowest BCUT2D eigenvalue weighted by Crippen LogP contribution is -2.33. The summed E-state index contributed by atoms with van der Waals surface area (Å²) in [5.41, 5.74) is 0.742. The van der Waals surface area contributed by atoms with Gasteiger partial charge in [0.05, 0.1) is 7.11 Å². The number of methoxy groups -OCH3 is 1. The third kappa shape index (κ3) is 5.45. The zero-order valence-electron chi connectivity index (χ0n) is 15.3. The fourth-order valence-electron chi connectivity index (χ4n) is 2.32. The molecule has 1 aromatic carbocycles. The number of hydrogen-bond donors (Lipinski definition) is 0. The van der Waals surface area contributed by atoms with E-state index in [-0.39, 0.29) is 17.9 Å². The van der Waals surface area contributed by atoms with Gasteiger partial charge in [-0.2, -0.15) is 4.98 Å². The van der Waals surface area contributed by atoms with Crippen molar-refractivity contribution >= 4 is 5.91 Å². The zero-order chi connectivity index (χ0) is 18.4. The summed E-state index contributed by atoms with van der Waals surface area (Å²) >= 11 is 0. The van der Waals surface area contributed by atoms with Crippen LogP contribution in [0.1, 0.15) is 33.1 Å². The van der Waals surface area contributed by atoms with Gasteiger partial charge in [-0.1, -0.05) is 32.0 Å². The van der Waals surface area contributed by atoms with Crippen LogP contribution in [0.15, 0.2) is 41.4 Å². The maximum Gasteiger partial charge on any atom is 0.246 e. The highest BCUT2D eigenvalue weighted by molar-refractivity contribution is 5.76. The van der Waals surface area contributed by atoms with E-state index in [4.69, 9.17) is 9.26 Å². The van der Waals surface area contributed by atoms with Crippen molar-refractivity contribution in [3.8, 4) is 17.1 Å². The van der Waals surface area contributed by atoms with Gasteiger partial charge in [0.2, 0.25) is 17.6 Å². The molecule has 0 saturated carbocycles. The molecule has 134 valence electrons. The van der Waals surface area contributed by atoms with Crippen LogP contribution in [0.2, 0.25) is 0 Å². The molecular weight excluding hydrogens is 318 g/mol. The second-order valence-corrected chi connectivity index (χ2v) is 7.04. The Labute approximate surface area is 148 Å². The van der Waals surface area contributed by atoms with Crippen molar-refractivity contribution in [1.29, 1.82) is 0 Å². The van der Waals surface area contributed by atoms with E-state index < -0.39 is 0 Å². The molecule has 0 aliphatic heterocycles. The van der Waals surface area contributed by atoms with E-state index >= 15 is 0 Å². The third-order valence-electron chi connectivity index (χ3n) is 3.53. The van der Waals surface area contributed by atoms with Crippen molar-refractivity contribution < 1.29 is 14.1 Å². The van der Waals surface area contributed by atoms with Gasteiger partial charge in [0, 0.05) is 18.5 Å². The first-order chi connectivity index (χ1) is 11.8. The van der Waals surface area contributed by atoms with Gasteiger partial charge in [0.15, 0.2) is 0 Å². The summed E-state index contributed by atoms with van der Waals surface area (Å²) in [4.78, 5) is 18.5. The maximum absolute atomic E-state index is 12.5. The average Bonchev–Trinajstić information content (AvgIpc) is 3.01. The molecule has 1 amide bonds. The maximum atomic E-state index is 12.5. The Kier molecular flexibility index (Phi) is 5.96. The van der Waals surface area contributed by atoms with Crippen molar-refractivity contribution in [2.45, 2.75) is 33.7 Å². The van der Waals surface area contributed by atoms with Crippen LogP contribution >= 0.6 is 0 Å². The number of aromatic nitrogens is 2. The first kappa shape index (κ1) is 18.7. The van der Waals surface area contributed by atoms with Crippen LogP contribution in [-0.4, -0.2) is 34.6 Å². The Morgan fingerprint density at radius 1 is 1.32 bits per heavy atom. The Morgan fingerprint density at radius 3 is 2.56 bits per heavy atom. The van der Waals surface area contributed by atoms with Gasteiger partial charge in [0.1, 0.15) is 12.3 Å². The van der Waals surface area contributed by atoms with Crippen molar-refractivity contribution in [3.05, 3.63) is 42.8 Å². The van der Waals surface area contributed by atoms with E-state index in [9.17, 15) is 4.79 Å². The summed E-state index contributed by atoms with van der Waals surface area (Å²) in [5, 5.41) is 4.00. The normalized spacial score (nSPS) is 11.2. The van der Waals surface area contributed by atoms with Crippen LogP contribution < -0.4 is 4.74 Å². The standard InChI is InChI=1S/C19H25N3O3/c1-6-11-22(17(23)12-19(2,3)4)13-16-20-18(21-25-16)14-7-9-15(24-5)10-8-14/h6-10H,1,11-13H2,2-5H3. The number of amides is 1. The SMILES string of the molecule is C=CCN(Cc1nc(-c2ccc(OC)cc2)no1)C(=O)CC(C)(C)C. The van der Waals surface area contributed by atoms with E-state index in [1.807, 2.05) is 45.0 Å². The van der Waals surface area contributed by atoms with Crippen LogP contribution in [0, 0.1) is 5.41 Å². The predicted octanol–water partition coefficient (Wildman–Crippen LogP) is 3.70. The second-order valence-electron chi connectivity index (χ2n) is 7.04. The molecule has 6 heteroatoms. The van der Waals surface area contributed by atoms with Gasteiger partial charge in [-0.3, -0.25) is 4.79 Å². The molecule has 0 saturated heterocycles. The minimum Gasteiger partial charge on any atom is -0.497 e. The molecule has 2 aromatic rings. The van der Waals surface area contributed by atoms with Crippen LogP contribution in [0.25, 0.3) is 11.4 Å². The van der Waals surface area contributed by atoms with Gasteiger partial charge in [-0.25, -0.2) is 0 Å². The summed E-state index contributed by atoms with van der Waals surface area (Å²) in [6.07, 6.45) is 2.14. The summed E-state index contributed by atoms with van der Waals surface area (Å²) in [6.45, 7) is 10.5. The quantitative estimate of drug-likeness (QED) is 0.717. The highest BCUT2D eigenvalue weighted by Gasteiger charge is 2.22. The number of rotatable bonds is 7. The summed E-state index contributed by atoms with van der Waals surface area (Å²) < 4.78 is 10.5. The predicted molar refractivity (Wildman–Crippen MR) is 96.0 cm³/mol. The molecule has 0 bridgehead atoms. The van der Waals surface area contributed by atoms with E-state index in [0.717, 1.165) is 11.3 Å². The Hall–Kier alpha value is -2.63. The average molecular weight is 343 g/mol. The molecule has 6 nitrogen and oxygen atoms in total. The lowest BCUT2D eigenvalue weighted by molar-refractivity contribution is -0.133. The Morgan fingerprint density at radius 2 is 2.00 bits per heavy atom. The lowest BCUT2D eigenvalue weighted by atomic mass is 9.91. The molecule has 1 aromatic heterocycles. The molecule has 0 aliphatic rings. The monoisotopic (exact) mass is 343 g/mol. The largest absolute Gasteiger partial charge is 0.497 e. The first-order valence-corrected chi connectivity index (χ1v) is 8.18. The first-order valence-electron chi connectivity index (χ1n) is 8.18. The van der Waals surface area contributed by atoms with Gasteiger partial charge in [-0.05, 0) is 29.7 Å². The Bertz CT molecular complexity index is 714. The van der Waals surface area contributed by atoms with Crippen LogP contribution in [0.4, 0.5) is 0 Å². The van der Waals surface area contributed by atoms with Crippen LogP contribution in [0.5, 0.6) is 5.75 Å². The van der Waals surface area contributed by atoms with Crippen molar-refractivity contribution in [1.82, 2.24) is 15.0 Å². The van der Waals surface area contributed by atoms with E-state index in [1.165, 1.54) is 0 Å². The summed E-state index contributed by atoms with van der Waals surface area (Å²) in [6, 6.07) is 7.39. The third-order valence-corrected chi connectivity index (χ3v) is 3.53. The van der Waals surface area contributed by atoms with Gasteiger partial charge in [-0.15, -0.1) is 6.58 Å². The molecule has 25 heavy (non-hydrogen) atoms. The molecule has 0 fully saturated rings. The number of nitrogens with zero attached hydrogens (tertiary/aromatic N) is 3. The molecule has 0 atom stereocenters. The minimum atomic E-state index is -0.0837. The fraction of sp³-hybridized carbons (Fsp3) is 0.421. The number of ether oxygens (including phenoxy) is 1. The van der Waals surface area contributed by atoms with Gasteiger partial charge in [0.25, 0.3) is 0 Å². The summed E-state index contributed by atoms with van der Waals surface area (Å²) in [5.74, 6) is 1.68. The molecule has 0 N–H and O–H groups in total. The highest BCUT2D eigenvalue weighted by atomic mass is 16.5. The number of hydrogen-bond acceptors (Lipinski definition) is 5. The van der Waals surface area contributed by atoms with Gasteiger partial charge < -0.3 is 14.2 Å². The molecule has 1 heterocycles.